The summed E-state index contributed by atoms with van der Waals surface area (Å²) in [6, 6.07) is 11.6. The first-order chi connectivity index (χ1) is 11.7. The van der Waals surface area contributed by atoms with Crippen LogP contribution in [0.4, 0.5) is 0 Å². The summed E-state index contributed by atoms with van der Waals surface area (Å²) in [5.74, 6) is 0.834. The third-order valence-electron chi connectivity index (χ3n) is 4.43. The number of hydrogen-bond acceptors (Lipinski definition) is 4. The van der Waals surface area contributed by atoms with E-state index in [1.807, 2.05) is 54.4 Å². The monoisotopic (exact) mass is 325 g/mol. The van der Waals surface area contributed by atoms with Gasteiger partial charge in [0.25, 0.3) is 5.91 Å². The van der Waals surface area contributed by atoms with Crippen molar-refractivity contribution in [2.24, 2.45) is 0 Å². The first-order valence-corrected chi connectivity index (χ1v) is 8.23. The zero-order valence-electron chi connectivity index (χ0n) is 14.2. The van der Waals surface area contributed by atoms with Crippen LogP contribution < -0.4 is 4.74 Å². The number of benzene rings is 1. The smallest absolute Gasteiger partial charge is 0.254 e. The van der Waals surface area contributed by atoms with Gasteiger partial charge in [-0.15, -0.1) is 0 Å². The van der Waals surface area contributed by atoms with Crippen LogP contribution in [0.5, 0.6) is 5.75 Å². The van der Waals surface area contributed by atoms with E-state index < -0.39 is 0 Å². The summed E-state index contributed by atoms with van der Waals surface area (Å²) in [4.78, 5) is 21.3. The SMILES string of the molecule is COc1cc(C(=O)N2CCN(Cc3ccccn3)CC2)ccc1C. The Bertz CT molecular complexity index is 695. The van der Waals surface area contributed by atoms with E-state index in [0.29, 0.717) is 5.56 Å². The number of carbonyl (C=O) groups is 1. The Morgan fingerprint density at radius 1 is 1.17 bits per heavy atom. The molecule has 1 amide bonds. The maximum atomic E-state index is 12.7. The van der Waals surface area contributed by atoms with Gasteiger partial charge in [0.15, 0.2) is 0 Å². The minimum absolute atomic E-state index is 0.0748. The van der Waals surface area contributed by atoms with Gasteiger partial charge < -0.3 is 9.64 Å². The Kier molecular flexibility index (Phi) is 5.11. The summed E-state index contributed by atoms with van der Waals surface area (Å²) in [5, 5.41) is 0. The Morgan fingerprint density at radius 2 is 1.96 bits per heavy atom. The molecular weight excluding hydrogens is 302 g/mol. The standard InChI is InChI=1S/C19H23N3O2/c1-15-6-7-16(13-18(15)24-2)19(23)22-11-9-21(10-12-22)14-17-5-3-4-8-20-17/h3-8,13H,9-12,14H2,1-2H3. The highest BCUT2D eigenvalue weighted by Crippen LogP contribution is 2.20. The molecule has 126 valence electrons. The topological polar surface area (TPSA) is 45.7 Å². The summed E-state index contributed by atoms with van der Waals surface area (Å²) >= 11 is 0. The van der Waals surface area contributed by atoms with E-state index in [4.69, 9.17) is 4.74 Å². The normalized spacial score (nSPS) is 15.3. The van der Waals surface area contributed by atoms with E-state index in [-0.39, 0.29) is 5.91 Å². The molecule has 2 heterocycles. The van der Waals surface area contributed by atoms with E-state index in [0.717, 1.165) is 49.7 Å². The minimum atomic E-state index is 0.0748. The second-order valence-electron chi connectivity index (χ2n) is 6.07. The van der Waals surface area contributed by atoms with Crippen molar-refractivity contribution in [3.05, 3.63) is 59.4 Å². The molecule has 0 unspecified atom stereocenters. The van der Waals surface area contributed by atoms with Crippen LogP contribution in [0, 0.1) is 6.92 Å². The predicted molar refractivity (Wildman–Crippen MR) is 93.1 cm³/mol. The average Bonchev–Trinajstić information content (AvgIpc) is 2.63. The Labute approximate surface area is 142 Å². The molecule has 5 nitrogen and oxygen atoms in total. The van der Waals surface area contributed by atoms with Crippen molar-refractivity contribution in [3.8, 4) is 5.75 Å². The number of rotatable bonds is 4. The van der Waals surface area contributed by atoms with Crippen LogP contribution in [0.3, 0.4) is 0 Å². The summed E-state index contributed by atoms with van der Waals surface area (Å²) in [5.41, 5.74) is 2.80. The van der Waals surface area contributed by atoms with E-state index in [2.05, 4.69) is 9.88 Å². The number of carbonyl (C=O) groups excluding carboxylic acids is 1. The van der Waals surface area contributed by atoms with Crippen LogP contribution in [-0.4, -0.2) is 54.0 Å². The summed E-state index contributed by atoms with van der Waals surface area (Å²) < 4.78 is 5.32. The second-order valence-corrected chi connectivity index (χ2v) is 6.07. The van der Waals surface area contributed by atoms with Gasteiger partial charge in [-0.05, 0) is 36.8 Å². The molecule has 24 heavy (non-hydrogen) atoms. The van der Waals surface area contributed by atoms with Gasteiger partial charge in [0.1, 0.15) is 5.75 Å². The molecule has 0 saturated carbocycles. The summed E-state index contributed by atoms with van der Waals surface area (Å²) in [7, 11) is 1.63. The first-order valence-electron chi connectivity index (χ1n) is 8.23. The molecule has 0 atom stereocenters. The lowest BCUT2D eigenvalue weighted by molar-refractivity contribution is 0.0626. The molecule has 3 rings (SSSR count). The number of nitrogens with zero attached hydrogens (tertiary/aromatic N) is 3. The van der Waals surface area contributed by atoms with Gasteiger partial charge in [-0.1, -0.05) is 12.1 Å². The summed E-state index contributed by atoms with van der Waals surface area (Å²) in [6.07, 6.45) is 1.82. The number of aryl methyl sites for hydroxylation is 1. The predicted octanol–water partition coefficient (Wildman–Crippen LogP) is 2.36. The van der Waals surface area contributed by atoms with Crippen molar-refractivity contribution in [3.63, 3.8) is 0 Å². The molecule has 0 spiro atoms. The van der Waals surface area contributed by atoms with Gasteiger partial charge in [-0.25, -0.2) is 0 Å². The molecule has 1 aromatic heterocycles. The van der Waals surface area contributed by atoms with E-state index in [1.54, 1.807) is 7.11 Å². The van der Waals surface area contributed by atoms with Crippen molar-refractivity contribution in [2.75, 3.05) is 33.3 Å². The van der Waals surface area contributed by atoms with E-state index in [1.165, 1.54) is 0 Å². The quantitative estimate of drug-likeness (QED) is 0.866. The average molecular weight is 325 g/mol. The highest BCUT2D eigenvalue weighted by Gasteiger charge is 2.22. The largest absolute Gasteiger partial charge is 0.496 e. The molecule has 1 saturated heterocycles. The van der Waals surface area contributed by atoms with Crippen LogP contribution in [0.2, 0.25) is 0 Å². The number of methoxy groups -OCH3 is 1. The number of ether oxygens (including phenoxy) is 1. The molecule has 5 heteroatoms. The Hall–Kier alpha value is -2.40. The molecule has 1 aliphatic rings. The third-order valence-corrected chi connectivity index (χ3v) is 4.43. The molecular formula is C19H23N3O2. The molecule has 0 radical (unpaired) electrons. The lowest BCUT2D eigenvalue weighted by atomic mass is 10.1. The van der Waals surface area contributed by atoms with Crippen molar-refractivity contribution >= 4 is 5.91 Å². The van der Waals surface area contributed by atoms with E-state index in [9.17, 15) is 4.79 Å². The summed E-state index contributed by atoms with van der Waals surface area (Å²) in [6.45, 7) is 6.02. The number of hydrogen-bond donors (Lipinski definition) is 0. The molecule has 0 N–H and O–H groups in total. The highest BCUT2D eigenvalue weighted by molar-refractivity contribution is 5.94. The number of aromatic nitrogens is 1. The van der Waals surface area contributed by atoms with Gasteiger partial charge in [-0.3, -0.25) is 14.7 Å². The van der Waals surface area contributed by atoms with Crippen molar-refractivity contribution in [1.82, 2.24) is 14.8 Å². The number of piperazine rings is 1. The first kappa shape index (κ1) is 16.5. The molecule has 1 aliphatic heterocycles. The van der Waals surface area contributed by atoms with Gasteiger partial charge in [0.05, 0.1) is 12.8 Å². The van der Waals surface area contributed by atoms with Crippen LogP contribution in [-0.2, 0) is 6.54 Å². The number of pyridine rings is 1. The maximum absolute atomic E-state index is 12.7. The van der Waals surface area contributed by atoms with E-state index >= 15 is 0 Å². The van der Waals surface area contributed by atoms with Gasteiger partial charge >= 0.3 is 0 Å². The zero-order chi connectivity index (χ0) is 16.9. The molecule has 2 aromatic rings. The molecule has 1 fully saturated rings. The maximum Gasteiger partial charge on any atom is 0.254 e. The molecule has 0 aliphatic carbocycles. The molecule has 0 bridgehead atoms. The van der Waals surface area contributed by atoms with Gasteiger partial charge in [0, 0.05) is 44.5 Å². The van der Waals surface area contributed by atoms with Gasteiger partial charge in [0.2, 0.25) is 0 Å². The van der Waals surface area contributed by atoms with Gasteiger partial charge in [-0.2, -0.15) is 0 Å². The highest BCUT2D eigenvalue weighted by atomic mass is 16.5. The Morgan fingerprint density at radius 3 is 2.62 bits per heavy atom. The third kappa shape index (κ3) is 3.74. The molecule has 1 aromatic carbocycles. The van der Waals surface area contributed by atoms with Crippen LogP contribution in [0.25, 0.3) is 0 Å². The number of amides is 1. The van der Waals surface area contributed by atoms with Crippen molar-refractivity contribution in [1.29, 1.82) is 0 Å². The fourth-order valence-corrected chi connectivity index (χ4v) is 2.97. The van der Waals surface area contributed by atoms with Crippen LogP contribution in [0.15, 0.2) is 42.6 Å². The second kappa shape index (κ2) is 7.45. The fourth-order valence-electron chi connectivity index (χ4n) is 2.97. The van der Waals surface area contributed by atoms with Crippen molar-refractivity contribution < 1.29 is 9.53 Å². The van der Waals surface area contributed by atoms with Crippen LogP contribution in [0.1, 0.15) is 21.6 Å². The minimum Gasteiger partial charge on any atom is -0.496 e. The Balaban J connectivity index is 1.59. The van der Waals surface area contributed by atoms with Crippen molar-refractivity contribution in [2.45, 2.75) is 13.5 Å². The fraction of sp³-hybridized carbons (Fsp3) is 0.368. The lowest BCUT2D eigenvalue weighted by Gasteiger charge is -2.34. The zero-order valence-corrected chi connectivity index (χ0v) is 14.2. The van der Waals surface area contributed by atoms with Crippen LogP contribution >= 0.6 is 0 Å². The lowest BCUT2D eigenvalue weighted by Crippen LogP contribution is -2.48.